The topological polar surface area (TPSA) is 71.1 Å². The second kappa shape index (κ2) is 19.0. The van der Waals surface area contributed by atoms with Crippen LogP contribution in [0.25, 0.3) is 21.5 Å². The van der Waals surface area contributed by atoms with E-state index in [9.17, 15) is 9.59 Å². The Morgan fingerprint density at radius 2 is 1.05 bits per heavy atom. The number of unbranched alkanes of at least 4 members (excludes halogenated alkanes) is 9. The molecule has 0 aliphatic heterocycles. The first-order chi connectivity index (χ1) is 20.6. The Balaban J connectivity index is 1.81. The van der Waals surface area contributed by atoms with Crippen molar-refractivity contribution in [2.45, 2.75) is 104 Å². The minimum Gasteiger partial charge on any atom is -0.481 e. The van der Waals surface area contributed by atoms with E-state index in [1.165, 1.54) is 25.7 Å². The third kappa shape index (κ3) is 10.2. The molecular formula is C36H50O6. The van der Waals surface area contributed by atoms with Crippen LogP contribution >= 0.6 is 0 Å². The molecular weight excluding hydrogens is 528 g/mol. The highest BCUT2D eigenvalue weighted by atomic mass is 16.6. The Bertz CT molecular complexity index is 1250. The summed E-state index contributed by atoms with van der Waals surface area (Å²) in [5.74, 6) is 0.532. The first kappa shape index (κ1) is 33.2. The van der Waals surface area contributed by atoms with Gasteiger partial charge in [-0.3, -0.25) is 0 Å². The minimum atomic E-state index is -0.373. The third-order valence-corrected chi connectivity index (χ3v) is 7.53. The summed E-state index contributed by atoms with van der Waals surface area (Å²) in [4.78, 5) is 25.2. The van der Waals surface area contributed by atoms with Crippen LogP contribution in [0.1, 0.15) is 103 Å². The summed E-state index contributed by atoms with van der Waals surface area (Å²) in [7, 11) is 0. The Kier molecular flexibility index (Phi) is 15.0. The maximum atomic E-state index is 12.6. The van der Waals surface area contributed by atoms with E-state index >= 15 is 0 Å². The van der Waals surface area contributed by atoms with Gasteiger partial charge in [0.05, 0.1) is 13.2 Å². The average molecular weight is 579 g/mol. The number of rotatable bonds is 21. The molecule has 6 nitrogen and oxygen atoms in total. The van der Waals surface area contributed by atoms with Gasteiger partial charge in [0.1, 0.15) is 11.5 Å². The number of benzene rings is 3. The van der Waals surface area contributed by atoms with Gasteiger partial charge in [-0.15, -0.1) is 0 Å². The van der Waals surface area contributed by atoms with Gasteiger partial charge in [0.25, 0.3) is 0 Å². The summed E-state index contributed by atoms with van der Waals surface area (Å²) in [6.45, 7) is 7.02. The van der Waals surface area contributed by atoms with Crippen LogP contribution < -0.4 is 9.47 Å². The van der Waals surface area contributed by atoms with E-state index in [0.29, 0.717) is 24.7 Å². The van der Waals surface area contributed by atoms with E-state index in [2.05, 4.69) is 26.8 Å². The van der Waals surface area contributed by atoms with Crippen LogP contribution in [0.15, 0.2) is 42.5 Å². The molecule has 0 saturated carbocycles. The molecule has 0 aromatic heterocycles. The van der Waals surface area contributed by atoms with Crippen molar-refractivity contribution in [1.29, 1.82) is 0 Å². The number of carbonyl (C=O) groups excluding carboxylic acids is 2. The Hall–Kier alpha value is -3.28. The van der Waals surface area contributed by atoms with Crippen LogP contribution in [0.3, 0.4) is 0 Å². The number of carbonyl (C=O) groups is 2. The predicted octanol–water partition coefficient (Wildman–Crippen LogP) is 9.12. The fraction of sp³-hybridized carbons (Fsp3) is 0.556. The average Bonchev–Trinajstić information content (AvgIpc) is 3.01. The highest BCUT2D eigenvalue weighted by Gasteiger charge is 2.20. The van der Waals surface area contributed by atoms with Gasteiger partial charge < -0.3 is 18.9 Å². The number of hydrogen-bond acceptors (Lipinski definition) is 6. The molecule has 0 fully saturated rings. The van der Waals surface area contributed by atoms with E-state index in [4.69, 9.17) is 18.9 Å². The molecule has 230 valence electrons. The zero-order valence-electron chi connectivity index (χ0n) is 26.0. The molecule has 0 radical (unpaired) electrons. The van der Waals surface area contributed by atoms with Crippen molar-refractivity contribution in [2.75, 3.05) is 26.4 Å². The van der Waals surface area contributed by atoms with Crippen molar-refractivity contribution < 1.29 is 28.5 Å². The normalized spacial score (nSPS) is 11.1. The largest absolute Gasteiger partial charge is 0.481 e. The van der Waals surface area contributed by atoms with Gasteiger partial charge in [-0.2, -0.15) is 0 Å². The Morgan fingerprint density at radius 1 is 0.548 bits per heavy atom. The van der Waals surface area contributed by atoms with Gasteiger partial charge in [-0.1, -0.05) is 121 Å². The van der Waals surface area contributed by atoms with E-state index in [1.807, 2.05) is 36.4 Å². The first-order valence-electron chi connectivity index (χ1n) is 16.1. The lowest BCUT2D eigenvalue weighted by Gasteiger charge is -2.19. The quantitative estimate of drug-likeness (QED) is 0.0713. The lowest BCUT2D eigenvalue weighted by Crippen LogP contribution is -2.17. The zero-order valence-corrected chi connectivity index (χ0v) is 26.0. The van der Waals surface area contributed by atoms with Crippen LogP contribution in [0.4, 0.5) is 0 Å². The van der Waals surface area contributed by atoms with E-state index in [0.717, 1.165) is 84.9 Å². The van der Waals surface area contributed by atoms with Crippen molar-refractivity contribution in [2.24, 2.45) is 0 Å². The molecule has 0 saturated heterocycles. The second-order valence-electron chi connectivity index (χ2n) is 11.0. The van der Waals surface area contributed by atoms with Gasteiger partial charge in [-0.05, 0) is 31.2 Å². The fourth-order valence-electron chi connectivity index (χ4n) is 5.23. The molecule has 0 N–H and O–H groups in total. The summed E-state index contributed by atoms with van der Waals surface area (Å²) < 4.78 is 23.4. The SMILES string of the molecule is CCCCCCCOC(=O)COc1c2ccccc2c(OCC(=O)OCCCCCCC)c2c(CCCC)cccc12. The van der Waals surface area contributed by atoms with Crippen LogP contribution in [0.2, 0.25) is 0 Å². The molecule has 0 unspecified atom stereocenters. The third-order valence-electron chi connectivity index (χ3n) is 7.53. The highest BCUT2D eigenvalue weighted by Crippen LogP contribution is 2.44. The van der Waals surface area contributed by atoms with E-state index in [1.54, 1.807) is 0 Å². The van der Waals surface area contributed by atoms with E-state index in [-0.39, 0.29) is 25.2 Å². The van der Waals surface area contributed by atoms with Crippen LogP contribution in [-0.4, -0.2) is 38.4 Å². The second-order valence-corrected chi connectivity index (χ2v) is 11.0. The number of ether oxygens (including phenoxy) is 4. The molecule has 0 amide bonds. The number of aryl methyl sites for hydroxylation is 1. The lowest BCUT2D eigenvalue weighted by molar-refractivity contribution is -0.147. The molecule has 0 atom stereocenters. The van der Waals surface area contributed by atoms with Crippen molar-refractivity contribution >= 4 is 33.5 Å². The maximum Gasteiger partial charge on any atom is 0.344 e. The molecule has 3 aromatic rings. The Labute approximate surface area is 252 Å². The van der Waals surface area contributed by atoms with Crippen molar-refractivity contribution in [1.82, 2.24) is 0 Å². The summed E-state index contributed by atoms with van der Waals surface area (Å²) in [6, 6.07) is 13.9. The van der Waals surface area contributed by atoms with Gasteiger partial charge in [0, 0.05) is 21.5 Å². The van der Waals surface area contributed by atoms with Gasteiger partial charge >= 0.3 is 11.9 Å². The smallest absolute Gasteiger partial charge is 0.344 e. The molecule has 42 heavy (non-hydrogen) atoms. The highest BCUT2D eigenvalue weighted by molar-refractivity contribution is 6.12. The molecule has 3 aromatic carbocycles. The standard InChI is InChI=1S/C36H50O6/c1-4-7-10-12-16-24-39-32(37)26-41-35-29-21-14-15-22-30(29)36(34-28(19-9-6-3)20-18-23-31(34)35)42-27-33(38)40-25-17-13-11-8-5-2/h14-15,18,20-23H,4-13,16-17,19,24-27H2,1-3H3. The van der Waals surface area contributed by atoms with Crippen molar-refractivity contribution in [3.8, 4) is 11.5 Å². The molecule has 0 bridgehead atoms. The maximum absolute atomic E-state index is 12.6. The molecule has 0 aliphatic carbocycles. The zero-order chi connectivity index (χ0) is 30.0. The van der Waals surface area contributed by atoms with Crippen LogP contribution in [-0.2, 0) is 25.5 Å². The number of hydrogen-bond donors (Lipinski definition) is 0. The van der Waals surface area contributed by atoms with Crippen molar-refractivity contribution in [3.63, 3.8) is 0 Å². The summed E-state index contributed by atoms with van der Waals surface area (Å²) in [5.41, 5.74) is 1.12. The fourth-order valence-corrected chi connectivity index (χ4v) is 5.23. The van der Waals surface area contributed by atoms with Gasteiger partial charge in [0.2, 0.25) is 0 Å². The molecule has 6 heteroatoms. The summed E-state index contributed by atoms with van der Waals surface area (Å²) in [6.07, 6.45) is 13.9. The van der Waals surface area contributed by atoms with Gasteiger partial charge in [0.15, 0.2) is 13.2 Å². The Morgan fingerprint density at radius 3 is 1.62 bits per heavy atom. The predicted molar refractivity (Wildman–Crippen MR) is 170 cm³/mol. The molecule has 0 spiro atoms. The van der Waals surface area contributed by atoms with E-state index < -0.39 is 0 Å². The lowest BCUT2D eigenvalue weighted by atomic mass is 9.94. The van der Waals surface area contributed by atoms with Crippen LogP contribution in [0.5, 0.6) is 11.5 Å². The molecule has 0 heterocycles. The van der Waals surface area contributed by atoms with Crippen molar-refractivity contribution in [3.05, 3.63) is 48.0 Å². The minimum absolute atomic E-state index is 0.166. The first-order valence-corrected chi connectivity index (χ1v) is 16.1. The number of fused-ring (bicyclic) bond motifs is 2. The monoisotopic (exact) mass is 578 g/mol. The molecule has 0 aliphatic rings. The summed E-state index contributed by atoms with van der Waals surface area (Å²) in [5, 5.41) is 3.43. The molecule has 3 rings (SSSR count). The van der Waals surface area contributed by atoms with Crippen LogP contribution in [0, 0.1) is 0 Å². The summed E-state index contributed by atoms with van der Waals surface area (Å²) >= 11 is 0. The number of esters is 2. The van der Waals surface area contributed by atoms with Gasteiger partial charge in [-0.25, -0.2) is 9.59 Å².